The number of hydrogen-bond donors (Lipinski definition) is 0. The van der Waals surface area contributed by atoms with Gasteiger partial charge in [0.05, 0.1) is 16.4 Å². The van der Waals surface area contributed by atoms with Crippen LogP contribution in [0.25, 0.3) is 0 Å². The van der Waals surface area contributed by atoms with Gasteiger partial charge in [-0.3, -0.25) is 14.5 Å². The van der Waals surface area contributed by atoms with E-state index in [1.807, 2.05) is 30.7 Å². The molecule has 0 aliphatic heterocycles. The van der Waals surface area contributed by atoms with E-state index in [1.54, 1.807) is 12.4 Å². The summed E-state index contributed by atoms with van der Waals surface area (Å²) in [6.45, 7) is 4.75. The van der Waals surface area contributed by atoms with Crippen molar-refractivity contribution in [2.24, 2.45) is 0 Å². The van der Waals surface area contributed by atoms with E-state index < -0.39 is 0 Å². The van der Waals surface area contributed by atoms with E-state index in [0.717, 1.165) is 36.3 Å². The molecule has 112 valence electrons. The van der Waals surface area contributed by atoms with Gasteiger partial charge in [-0.2, -0.15) is 5.10 Å². The molecule has 0 bridgehead atoms. The zero-order valence-electron chi connectivity index (χ0n) is 12.5. The summed E-state index contributed by atoms with van der Waals surface area (Å²) in [6.07, 6.45) is 5.87. The van der Waals surface area contributed by atoms with Crippen molar-refractivity contribution in [1.82, 2.24) is 14.8 Å². The Bertz CT molecular complexity index is 607. The van der Waals surface area contributed by atoms with Crippen LogP contribution in [0, 0.1) is 0 Å². The molecule has 2 rings (SSSR count). The highest BCUT2D eigenvalue weighted by Crippen LogP contribution is 2.22. The summed E-state index contributed by atoms with van der Waals surface area (Å²) in [7, 11) is 0. The smallest absolute Gasteiger partial charge is 0.139 e. The van der Waals surface area contributed by atoms with Crippen molar-refractivity contribution in [2.45, 2.75) is 46.1 Å². The molecule has 0 aromatic carbocycles. The number of ketones is 1. The highest BCUT2D eigenvalue weighted by molar-refractivity contribution is 6.32. The quantitative estimate of drug-likeness (QED) is 0.789. The Morgan fingerprint density at radius 2 is 2.00 bits per heavy atom. The highest BCUT2D eigenvalue weighted by Gasteiger charge is 2.17. The Balaban J connectivity index is 2.01. The number of rotatable bonds is 7. The third-order valence-electron chi connectivity index (χ3n) is 3.50. The van der Waals surface area contributed by atoms with Crippen LogP contribution in [0.4, 0.5) is 0 Å². The number of carbonyl (C=O) groups is 1. The van der Waals surface area contributed by atoms with Crippen LogP contribution in [0.2, 0.25) is 5.02 Å². The molecule has 0 fully saturated rings. The Hall–Kier alpha value is -1.68. The second kappa shape index (κ2) is 7.36. The highest BCUT2D eigenvalue weighted by atomic mass is 35.5. The average Bonchev–Trinajstić information content (AvgIpc) is 2.82. The topological polar surface area (TPSA) is 47.8 Å². The minimum absolute atomic E-state index is 0.186. The van der Waals surface area contributed by atoms with Crippen LogP contribution in [0.1, 0.15) is 37.2 Å². The molecule has 0 aliphatic carbocycles. The van der Waals surface area contributed by atoms with Crippen molar-refractivity contribution in [2.75, 3.05) is 0 Å². The summed E-state index contributed by atoms with van der Waals surface area (Å²) in [4.78, 5) is 16.2. The summed E-state index contributed by atoms with van der Waals surface area (Å²) < 4.78 is 1.84. The first-order valence-corrected chi connectivity index (χ1v) is 7.68. The van der Waals surface area contributed by atoms with E-state index in [4.69, 9.17) is 11.6 Å². The maximum Gasteiger partial charge on any atom is 0.139 e. The van der Waals surface area contributed by atoms with Gasteiger partial charge in [0.25, 0.3) is 0 Å². The lowest BCUT2D eigenvalue weighted by atomic mass is 10.1. The number of halogens is 1. The molecule has 0 radical (unpaired) electrons. The van der Waals surface area contributed by atoms with Gasteiger partial charge in [0.2, 0.25) is 0 Å². The Morgan fingerprint density at radius 1 is 1.29 bits per heavy atom. The second-order valence-electron chi connectivity index (χ2n) is 4.95. The zero-order valence-corrected chi connectivity index (χ0v) is 13.2. The average molecular weight is 306 g/mol. The van der Waals surface area contributed by atoms with E-state index in [2.05, 4.69) is 10.1 Å². The van der Waals surface area contributed by atoms with E-state index in [-0.39, 0.29) is 5.78 Å². The molecule has 0 amide bonds. The molecular formula is C16H20ClN3O. The normalized spacial score (nSPS) is 10.8. The van der Waals surface area contributed by atoms with Gasteiger partial charge < -0.3 is 0 Å². The van der Waals surface area contributed by atoms with Gasteiger partial charge in [-0.05, 0) is 37.5 Å². The molecule has 4 nitrogen and oxygen atoms in total. The van der Waals surface area contributed by atoms with Crippen LogP contribution in [0.5, 0.6) is 0 Å². The van der Waals surface area contributed by atoms with E-state index in [1.165, 1.54) is 0 Å². The molecule has 0 N–H and O–H groups in total. The van der Waals surface area contributed by atoms with Crippen molar-refractivity contribution in [3.63, 3.8) is 0 Å². The zero-order chi connectivity index (χ0) is 15.2. The Labute approximate surface area is 130 Å². The van der Waals surface area contributed by atoms with E-state index in [9.17, 15) is 4.79 Å². The molecule has 0 unspecified atom stereocenters. The molecular weight excluding hydrogens is 286 g/mol. The molecule has 0 spiro atoms. The van der Waals surface area contributed by atoms with Crippen LogP contribution in [-0.2, 0) is 30.6 Å². The van der Waals surface area contributed by atoms with Gasteiger partial charge in [0, 0.05) is 31.8 Å². The predicted octanol–water partition coefficient (Wildman–Crippen LogP) is 3.26. The molecule has 5 heteroatoms. The molecule has 0 saturated heterocycles. The first-order valence-electron chi connectivity index (χ1n) is 7.30. The largest absolute Gasteiger partial charge is 0.299 e. The van der Waals surface area contributed by atoms with Gasteiger partial charge in [0.1, 0.15) is 5.78 Å². The minimum Gasteiger partial charge on any atom is -0.299 e. The van der Waals surface area contributed by atoms with E-state index >= 15 is 0 Å². The van der Waals surface area contributed by atoms with Gasteiger partial charge in [0.15, 0.2) is 0 Å². The number of nitrogens with zero attached hydrogens (tertiary/aromatic N) is 3. The lowest BCUT2D eigenvalue weighted by Crippen LogP contribution is -2.10. The number of carbonyl (C=O) groups excluding carboxylic acids is 1. The minimum atomic E-state index is 0.186. The van der Waals surface area contributed by atoms with Gasteiger partial charge in [-0.15, -0.1) is 0 Å². The standard InChI is InChI=1S/C16H20ClN3O/c1-3-14-16(17)15(20(4-2)19-14)11-13(21)6-5-12-7-9-18-10-8-12/h7-10H,3-6,11H2,1-2H3. The number of hydrogen-bond acceptors (Lipinski definition) is 3. The lowest BCUT2D eigenvalue weighted by molar-refractivity contribution is -0.118. The first kappa shape index (κ1) is 15.7. The molecule has 2 aromatic rings. The fourth-order valence-electron chi connectivity index (χ4n) is 2.29. The number of pyridine rings is 1. The van der Waals surface area contributed by atoms with Crippen LogP contribution >= 0.6 is 11.6 Å². The van der Waals surface area contributed by atoms with Crippen LogP contribution in [-0.4, -0.2) is 20.5 Å². The van der Waals surface area contributed by atoms with Gasteiger partial charge in [-0.25, -0.2) is 0 Å². The number of Topliss-reactive ketones (excluding diaryl/α,β-unsaturated/α-hetero) is 1. The van der Waals surface area contributed by atoms with Crippen LogP contribution < -0.4 is 0 Å². The fraction of sp³-hybridized carbons (Fsp3) is 0.438. The Kier molecular flexibility index (Phi) is 5.51. The molecule has 0 aliphatic rings. The third kappa shape index (κ3) is 3.91. The predicted molar refractivity (Wildman–Crippen MR) is 83.6 cm³/mol. The van der Waals surface area contributed by atoms with Crippen molar-refractivity contribution in [1.29, 1.82) is 0 Å². The summed E-state index contributed by atoms with van der Waals surface area (Å²) in [5.74, 6) is 0.186. The van der Waals surface area contributed by atoms with Crippen molar-refractivity contribution in [3.8, 4) is 0 Å². The van der Waals surface area contributed by atoms with Crippen molar-refractivity contribution >= 4 is 17.4 Å². The fourth-order valence-corrected chi connectivity index (χ4v) is 2.63. The summed E-state index contributed by atoms with van der Waals surface area (Å²) in [6, 6.07) is 3.87. The molecule has 21 heavy (non-hydrogen) atoms. The number of aryl methyl sites for hydroxylation is 3. The maximum atomic E-state index is 12.2. The summed E-state index contributed by atoms with van der Waals surface area (Å²) >= 11 is 6.33. The summed E-state index contributed by atoms with van der Waals surface area (Å²) in [5.41, 5.74) is 2.84. The van der Waals surface area contributed by atoms with Crippen molar-refractivity contribution < 1.29 is 4.79 Å². The first-order chi connectivity index (χ1) is 10.2. The monoisotopic (exact) mass is 305 g/mol. The van der Waals surface area contributed by atoms with Crippen molar-refractivity contribution in [3.05, 3.63) is 46.5 Å². The van der Waals surface area contributed by atoms with Crippen LogP contribution in [0.3, 0.4) is 0 Å². The molecule has 0 atom stereocenters. The molecule has 2 heterocycles. The third-order valence-corrected chi connectivity index (χ3v) is 3.94. The SMILES string of the molecule is CCc1nn(CC)c(CC(=O)CCc2ccncc2)c1Cl. The Morgan fingerprint density at radius 3 is 2.62 bits per heavy atom. The van der Waals surface area contributed by atoms with Crippen LogP contribution in [0.15, 0.2) is 24.5 Å². The second-order valence-corrected chi connectivity index (χ2v) is 5.33. The van der Waals surface area contributed by atoms with E-state index in [0.29, 0.717) is 17.9 Å². The molecule has 2 aromatic heterocycles. The molecule has 0 saturated carbocycles. The number of aromatic nitrogens is 3. The lowest BCUT2D eigenvalue weighted by Gasteiger charge is -2.05. The summed E-state index contributed by atoms with van der Waals surface area (Å²) in [5, 5.41) is 5.09. The maximum absolute atomic E-state index is 12.2. The van der Waals surface area contributed by atoms with Gasteiger partial charge in [-0.1, -0.05) is 18.5 Å². The van der Waals surface area contributed by atoms with Gasteiger partial charge >= 0.3 is 0 Å².